The van der Waals surface area contributed by atoms with Gasteiger partial charge in [0.15, 0.2) is 0 Å². The van der Waals surface area contributed by atoms with Crippen molar-refractivity contribution in [3.63, 3.8) is 0 Å². The molecule has 0 spiro atoms. The zero-order valence-electron chi connectivity index (χ0n) is 11.7. The van der Waals surface area contributed by atoms with Crippen LogP contribution in [0.25, 0.3) is 0 Å². The minimum absolute atomic E-state index is 0.129. The Labute approximate surface area is 105 Å². The first kappa shape index (κ1) is 14.5. The van der Waals surface area contributed by atoms with E-state index < -0.39 is 0 Å². The third-order valence-electron chi connectivity index (χ3n) is 3.88. The van der Waals surface area contributed by atoms with Gasteiger partial charge in [0.1, 0.15) is 0 Å². The Balaban J connectivity index is 2.50. The van der Waals surface area contributed by atoms with Gasteiger partial charge in [0.25, 0.3) is 0 Å². The van der Waals surface area contributed by atoms with Crippen LogP contribution in [0.15, 0.2) is 0 Å². The summed E-state index contributed by atoms with van der Waals surface area (Å²) >= 11 is 0. The highest BCUT2D eigenvalue weighted by Gasteiger charge is 2.27. The number of likely N-dealkylation sites (tertiary alicyclic amines) is 1. The number of piperidine rings is 1. The Morgan fingerprint density at radius 3 is 2.53 bits per heavy atom. The molecule has 1 rings (SSSR count). The van der Waals surface area contributed by atoms with Crippen molar-refractivity contribution >= 4 is 5.91 Å². The van der Waals surface area contributed by atoms with Gasteiger partial charge in [-0.05, 0) is 46.4 Å². The molecule has 17 heavy (non-hydrogen) atoms. The van der Waals surface area contributed by atoms with Gasteiger partial charge in [-0.3, -0.25) is 4.79 Å². The number of hydrogen-bond donors (Lipinski definition) is 1. The van der Waals surface area contributed by atoms with E-state index in [9.17, 15) is 4.79 Å². The van der Waals surface area contributed by atoms with Crippen LogP contribution in [0.3, 0.4) is 0 Å². The molecule has 0 bridgehead atoms. The number of carbonyl (C=O) groups excluding carboxylic acids is 1. The maximum atomic E-state index is 12.3. The summed E-state index contributed by atoms with van der Waals surface area (Å²) in [6, 6.07) is 0.435. The molecule has 1 N–H and O–H groups in total. The Morgan fingerprint density at radius 2 is 2.06 bits per heavy atom. The quantitative estimate of drug-likeness (QED) is 0.773. The van der Waals surface area contributed by atoms with Gasteiger partial charge in [-0.1, -0.05) is 6.92 Å². The van der Waals surface area contributed by atoms with E-state index in [0.29, 0.717) is 11.9 Å². The molecule has 4 nitrogen and oxygen atoms in total. The summed E-state index contributed by atoms with van der Waals surface area (Å²) < 4.78 is 0. The maximum Gasteiger partial charge on any atom is 0.226 e. The largest absolute Gasteiger partial charge is 0.342 e. The fraction of sp³-hybridized carbons (Fsp3) is 0.923. The molecule has 1 aliphatic rings. The first-order valence-electron chi connectivity index (χ1n) is 6.70. The number of nitrogens with one attached hydrogen (secondary N) is 1. The Kier molecular flexibility index (Phi) is 5.92. The van der Waals surface area contributed by atoms with Crippen molar-refractivity contribution in [2.45, 2.75) is 32.2 Å². The van der Waals surface area contributed by atoms with E-state index in [4.69, 9.17) is 0 Å². The second-order valence-corrected chi connectivity index (χ2v) is 5.15. The van der Waals surface area contributed by atoms with Crippen LogP contribution >= 0.6 is 0 Å². The monoisotopic (exact) mass is 241 g/mol. The summed E-state index contributed by atoms with van der Waals surface area (Å²) in [6.45, 7) is 5.07. The molecule has 0 radical (unpaired) electrons. The summed E-state index contributed by atoms with van der Waals surface area (Å²) in [5.74, 6) is 0.432. The van der Waals surface area contributed by atoms with E-state index >= 15 is 0 Å². The van der Waals surface area contributed by atoms with Crippen LogP contribution < -0.4 is 5.32 Å². The smallest absolute Gasteiger partial charge is 0.226 e. The first-order chi connectivity index (χ1) is 8.10. The molecule has 4 heteroatoms. The molecule has 1 amide bonds. The van der Waals surface area contributed by atoms with Gasteiger partial charge >= 0.3 is 0 Å². The zero-order chi connectivity index (χ0) is 12.8. The third kappa shape index (κ3) is 3.96. The second-order valence-electron chi connectivity index (χ2n) is 5.15. The number of carbonyl (C=O) groups is 1. The van der Waals surface area contributed by atoms with Crippen molar-refractivity contribution in [2.75, 3.05) is 40.8 Å². The van der Waals surface area contributed by atoms with Crippen molar-refractivity contribution in [1.82, 2.24) is 15.1 Å². The highest BCUT2D eigenvalue weighted by atomic mass is 16.2. The topological polar surface area (TPSA) is 35.6 Å². The molecule has 0 saturated carbocycles. The lowest BCUT2D eigenvalue weighted by Gasteiger charge is -2.36. The Morgan fingerprint density at radius 1 is 1.47 bits per heavy atom. The van der Waals surface area contributed by atoms with Crippen LogP contribution in [0.1, 0.15) is 26.2 Å². The zero-order valence-corrected chi connectivity index (χ0v) is 11.7. The predicted octanol–water partition coefficient (Wildman–Crippen LogP) is 0.785. The van der Waals surface area contributed by atoms with Gasteiger partial charge in [-0.2, -0.15) is 0 Å². The van der Waals surface area contributed by atoms with E-state index in [-0.39, 0.29) is 5.92 Å². The van der Waals surface area contributed by atoms with E-state index in [0.717, 1.165) is 38.9 Å². The van der Waals surface area contributed by atoms with Gasteiger partial charge in [0.2, 0.25) is 5.91 Å². The lowest BCUT2D eigenvalue weighted by atomic mass is 10.00. The molecule has 1 atom stereocenters. The highest BCUT2D eigenvalue weighted by molar-refractivity contribution is 5.79. The molecule has 0 aromatic heterocycles. The van der Waals surface area contributed by atoms with Crippen LogP contribution in [-0.4, -0.2) is 62.5 Å². The molecule has 0 aromatic carbocycles. The van der Waals surface area contributed by atoms with Crippen molar-refractivity contribution in [2.24, 2.45) is 5.92 Å². The van der Waals surface area contributed by atoms with Gasteiger partial charge in [0, 0.05) is 19.6 Å². The molecule has 0 aromatic rings. The van der Waals surface area contributed by atoms with E-state index in [1.54, 1.807) is 0 Å². The normalized spacial score (nSPS) is 20.2. The van der Waals surface area contributed by atoms with E-state index in [1.807, 2.05) is 19.0 Å². The molecule has 100 valence electrons. The van der Waals surface area contributed by atoms with Gasteiger partial charge in [0.05, 0.1) is 5.92 Å². The van der Waals surface area contributed by atoms with E-state index in [1.165, 1.54) is 0 Å². The van der Waals surface area contributed by atoms with Crippen molar-refractivity contribution < 1.29 is 4.79 Å². The number of nitrogens with zero attached hydrogens (tertiary/aromatic N) is 2. The number of rotatable bonds is 5. The average molecular weight is 241 g/mol. The molecule has 1 aliphatic heterocycles. The van der Waals surface area contributed by atoms with Crippen molar-refractivity contribution in [3.8, 4) is 0 Å². The standard InChI is InChI=1S/C13H27N3O/c1-5-11(10-14-2)13(17)16(4)12-6-8-15(3)9-7-12/h11-12,14H,5-10H2,1-4H3. The summed E-state index contributed by atoms with van der Waals surface area (Å²) in [4.78, 5) is 16.6. The highest BCUT2D eigenvalue weighted by Crippen LogP contribution is 2.17. The third-order valence-corrected chi connectivity index (χ3v) is 3.88. The molecule has 1 fully saturated rings. The molecule has 1 unspecified atom stereocenters. The van der Waals surface area contributed by atoms with Crippen LogP contribution in [-0.2, 0) is 4.79 Å². The molecule has 0 aliphatic carbocycles. The van der Waals surface area contributed by atoms with Crippen LogP contribution in [0.2, 0.25) is 0 Å². The lowest BCUT2D eigenvalue weighted by Crippen LogP contribution is -2.47. The fourth-order valence-electron chi connectivity index (χ4n) is 2.50. The van der Waals surface area contributed by atoms with Crippen LogP contribution in [0.5, 0.6) is 0 Å². The van der Waals surface area contributed by atoms with Gasteiger partial charge in [-0.15, -0.1) is 0 Å². The maximum absolute atomic E-state index is 12.3. The average Bonchev–Trinajstić information content (AvgIpc) is 2.35. The number of amides is 1. The molecule has 1 saturated heterocycles. The SMILES string of the molecule is CCC(CNC)C(=O)N(C)C1CCN(C)CC1. The molecular weight excluding hydrogens is 214 g/mol. The van der Waals surface area contributed by atoms with E-state index in [2.05, 4.69) is 24.2 Å². The van der Waals surface area contributed by atoms with Crippen molar-refractivity contribution in [3.05, 3.63) is 0 Å². The van der Waals surface area contributed by atoms with Gasteiger partial charge in [-0.25, -0.2) is 0 Å². The van der Waals surface area contributed by atoms with Crippen LogP contribution in [0, 0.1) is 5.92 Å². The Hall–Kier alpha value is -0.610. The lowest BCUT2D eigenvalue weighted by molar-refractivity contribution is -0.137. The van der Waals surface area contributed by atoms with Crippen molar-refractivity contribution in [1.29, 1.82) is 0 Å². The first-order valence-corrected chi connectivity index (χ1v) is 6.70. The van der Waals surface area contributed by atoms with Gasteiger partial charge < -0.3 is 15.1 Å². The number of hydrogen-bond acceptors (Lipinski definition) is 3. The fourth-order valence-corrected chi connectivity index (χ4v) is 2.50. The molecule has 1 heterocycles. The summed E-state index contributed by atoms with van der Waals surface area (Å²) in [5, 5.41) is 3.11. The predicted molar refractivity (Wildman–Crippen MR) is 71.0 cm³/mol. The summed E-state index contributed by atoms with van der Waals surface area (Å²) in [6.07, 6.45) is 3.13. The molecular formula is C13H27N3O. The minimum Gasteiger partial charge on any atom is -0.342 e. The summed E-state index contributed by atoms with van der Waals surface area (Å²) in [5.41, 5.74) is 0. The Bertz CT molecular complexity index is 237. The summed E-state index contributed by atoms with van der Waals surface area (Å²) in [7, 11) is 6.02. The minimum atomic E-state index is 0.129. The second kappa shape index (κ2) is 6.97. The van der Waals surface area contributed by atoms with Crippen LogP contribution in [0.4, 0.5) is 0 Å².